The van der Waals surface area contributed by atoms with Crippen LogP contribution in [0.5, 0.6) is 5.75 Å². The summed E-state index contributed by atoms with van der Waals surface area (Å²) in [6.07, 6.45) is 1.19. The smallest absolute Gasteiger partial charge is 0.123 e. The number of fused-ring (bicyclic) bond motifs is 1. The first-order chi connectivity index (χ1) is 9.61. The van der Waals surface area contributed by atoms with E-state index in [0.717, 1.165) is 12.3 Å². The van der Waals surface area contributed by atoms with Crippen molar-refractivity contribution in [3.63, 3.8) is 0 Å². The molecule has 2 heteroatoms. The number of hydrogen-bond acceptors (Lipinski definition) is 2. The summed E-state index contributed by atoms with van der Waals surface area (Å²) in [5.41, 5.74) is 1.25. The molecule has 0 radical (unpaired) electrons. The summed E-state index contributed by atoms with van der Waals surface area (Å²) < 4.78 is 5.53. The first-order valence-corrected chi connectivity index (χ1v) is 7.39. The van der Waals surface area contributed by atoms with Crippen molar-refractivity contribution in [2.24, 2.45) is 5.92 Å². The molecule has 0 bridgehead atoms. The van der Waals surface area contributed by atoms with Gasteiger partial charge in [-0.25, -0.2) is 0 Å². The number of ether oxygens (including phenoxy) is 1. The molecule has 2 aromatic rings. The Morgan fingerprint density at radius 3 is 2.50 bits per heavy atom. The number of benzene rings is 2. The Balaban J connectivity index is 2.23. The van der Waals surface area contributed by atoms with Crippen LogP contribution in [0.25, 0.3) is 10.8 Å². The first kappa shape index (κ1) is 14.9. The monoisotopic (exact) mass is 271 g/mol. The van der Waals surface area contributed by atoms with Crippen LogP contribution in [0, 0.1) is 5.92 Å². The quantitative estimate of drug-likeness (QED) is 0.842. The second kappa shape index (κ2) is 6.76. The van der Waals surface area contributed by atoms with E-state index in [0.29, 0.717) is 12.0 Å². The Morgan fingerprint density at radius 1 is 1.05 bits per heavy atom. The van der Waals surface area contributed by atoms with Gasteiger partial charge in [0.15, 0.2) is 0 Å². The molecular formula is C18H25NO. The molecule has 1 N–H and O–H groups in total. The third-order valence-electron chi connectivity index (χ3n) is 3.67. The third kappa shape index (κ3) is 3.51. The van der Waals surface area contributed by atoms with Gasteiger partial charge < -0.3 is 10.1 Å². The Morgan fingerprint density at radius 2 is 1.80 bits per heavy atom. The predicted octanol–water partition coefficient (Wildman–Crippen LogP) is 4.37. The minimum Gasteiger partial charge on any atom is -0.496 e. The molecule has 2 rings (SSSR count). The predicted molar refractivity (Wildman–Crippen MR) is 86.3 cm³/mol. The Bertz CT molecular complexity index is 562. The summed E-state index contributed by atoms with van der Waals surface area (Å²) in [7, 11) is 1.74. The van der Waals surface area contributed by atoms with E-state index < -0.39 is 0 Å². The molecule has 0 aromatic heterocycles. The van der Waals surface area contributed by atoms with Crippen LogP contribution < -0.4 is 10.1 Å². The van der Waals surface area contributed by atoms with Gasteiger partial charge in [-0.3, -0.25) is 0 Å². The van der Waals surface area contributed by atoms with Crippen molar-refractivity contribution in [2.75, 3.05) is 7.11 Å². The molecule has 20 heavy (non-hydrogen) atoms. The topological polar surface area (TPSA) is 21.3 Å². The summed E-state index contributed by atoms with van der Waals surface area (Å²) in [6, 6.07) is 13.2. The van der Waals surface area contributed by atoms with Crippen LogP contribution in [0.1, 0.15) is 32.8 Å². The molecule has 108 valence electrons. The van der Waals surface area contributed by atoms with Crippen molar-refractivity contribution in [3.8, 4) is 5.75 Å². The number of rotatable bonds is 6. The van der Waals surface area contributed by atoms with Crippen molar-refractivity contribution < 1.29 is 4.74 Å². The molecule has 0 heterocycles. The summed E-state index contributed by atoms with van der Waals surface area (Å²) >= 11 is 0. The average molecular weight is 271 g/mol. The van der Waals surface area contributed by atoms with E-state index in [9.17, 15) is 0 Å². The molecule has 0 saturated carbocycles. The van der Waals surface area contributed by atoms with Crippen LogP contribution in [-0.2, 0) is 6.54 Å². The highest BCUT2D eigenvalue weighted by molar-refractivity contribution is 5.87. The third-order valence-corrected chi connectivity index (χ3v) is 3.67. The van der Waals surface area contributed by atoms with Crippen LogP contribution in [-0.4, -0.2) is 13.2 Å². The lowest BCUT2D eigenvalue weighted by Crippen LogP contribution is -2.27. The average Bonchev–Trinajstić information content (AvgIpc) is 2.43. The van der Waals surface area contributed by atoms with E-state index >= 15 is 0 Å². The highest BCUT2D eigenvalue weighted by atomic mass is 16.5. The lowest BCUT2D eigenvalue weighted by atomic mass is 10.0. The highest BCUT2D eigenvalue weighted by Crippen LogP contribution is 2.28. The zero-order valence-electron chi connectivity index (χ0n) is 12.9. The van der Waals surface area contributed by atoms with Crippen LogP contribution in [0.15, 0.2) is 36.4 Å². The number of methoxy groups -OCH3 is 1. The zero-order valence-corrected chi connectivity index (χ0v) is 12.9. The molecule has 1 unspecified atom stereocenters. The number of nitrogens with one attached hydrogen (secondary N) is 1. The Kier molecular flexibility index (Phi) is 5.02. The van der Waals surface area contributed by atoms with Gasteiger partial charge in [-0.2, -0.15) is 0 Å². The fourth-order valence-corrected chi connectivity index (χ4v) is 2.76. The van der Waals surface area contributed by atoms with Gasteiger partial charge in [-0.1, -0.05) is 44.2 Å². The minimum atomic E-state index is 0.513. The minimum absolute atomic E-state index is 0.513. The van der Waals surface area contributed by atoms with E-state index in [2.05, 4.69) is 62.5 Å². The van der Waals surface area contributed by atoms with Crippen molar-refractivity contribution in [1.29, 1.82) is 0 Å². The van der Waals surface area contributed by atoms with Crippen LogP contribution in [0.3, 0.4) is 0 Å². The van der Waals surface area contributed by atoms with Gasteiger partial charge in [0.1, 0.15) is 5.75 Å². The molecule has 0 aliphatic carbocycles. The lowest BCUT2D eigenvalue weighted by Gasteiger charge is -2.18. The molecule has 0 amide bonds. The second-order valence-electron chi connectivity index (χ2n) is 5.88. The molecule has 0 spiro atoms. The van der Waals surface area contributed by atoms with Crippen molar-refractivity contribution in [1.82, 2.24) is 5.32 Å². The second-order valence-corrected chi connectivity index (χ2v) is 5.88. The van der Waals surface area contributed by atoms with E-state index in [1.54, 1.807) is 7.11 Å². The summed E-state index contributed by atoms with van der Waals surface area (Å²) in [6.45, 7) is 7.61. The Hall–Kier alpha value is -1.54. The largest absolute Gasteiger partial charge is 0.496 e. The van der Waals surface area contributed by atoms with Gasteiger partial charge in [0.25, 0.3) is 0 Å². The standard InChI is InChI=1S/C18H25NO/c1-13(2)11-14(3)19-12-17-16-8-6-5-7-15(16)9-10-18(17)20-4/h5-10,13-14,19H,11-12H2,1-4H3. The fraction of sp³-hybridized carbons (Fsp3) is 0.444. The number of hydrogen-bond donors (Lipinski definition) is 1. The maximum Gasteiger partial charge on any atom is 0.123 e. The van der Waals surface area contributed by atoms with Crippen LogP contribution in [0.2, 0.25) is 0 Å². The molecule has 0 aliphatic rings. The van der Waals surface area contributed by atoms with Crippen molar-refractivity contribution in [3.05, 3.63) is 42.0 Å². The molecular weight excluding hydrogens is 246 g/mol. The van der Waals surface area contributed by atoms with Gasteiger partial charge in [0, 0.05) is 18.2 Å². The van der Waals surface area contributed by atoms with Crippen molar-refractivity contribution in [2.45, 2.75) is 39.8 Å². The summed E-state index contributed by atoms with van der Waals surface area (Å²) in [5.74, 6) is 1.68. The van der Waals surface area contributed by atoms with Crippen LogP contribution in [0.4, 0.5) is 0 Å². The molecule has 2 aromatic carbocycles. The van der Waals surface area contributed by atoms with E-state index in [1.165, 1.54) is 22.8 Å². The van der Waals surface area contributed by atoms with E-state index in [1.807, 2.05) is 0 Å². The van der Waals surface area contributed by atoms with Gasteiger partial charge in [-0.05, 0) is 36.1 Å². The molecule has 2 nitrogen and oxygen atoms in total. The van der Waals surface area contributed by atoms with Gasteiger partial charge in [0.05, 0.1) is 7.11 Å². The Labute approximate surface area is 122 Å². The van der Waals surface area contributed by atoms with Gasteiger partial charge in [0.2, 0.25) is 0 Å². The van der Waals surface area contributed by atoms with Crippen LogP contribution >= 0.6 is 0 Å². The van der Waals surface area contributed by atoms with Gasteiger partial charge in [-0.15, -0.1) is 0 Å². The molecule has 0 saturated heterocycles. The molecule has 0 aliphatic heterocycles. The highest BCUT2D eigenvalue weighted by Gasteiger charge is 2.10. The van der Waals surface area contributed by atoms with Gasteiger partial charge >= 0.3 is 0 Å². The maximum atomic E-state index is 5.53. The fourth-order valence-electron chi connectivity index (χ4n) is 2.76. The molecule has 0 fully saturated rings. The summed E-state index contributed by atoms with van der Waals surface area (Å²) in [4.78, 5) is 0. The van der Waals surface area contributed by atoms with E-state index in [-0.39, 0.29) is 0 Å². The van der Waals surface area contributed by atoms with E-state index in [4.69, 9.17) is 4.74 Å². The SMILES string of the molecule is COc1ccc2ccccc2c1CNC(C)CC(C)C. The zero-order chi connectivity index (χ0) is 14.5. The lowest BCUT2D eigenvalue weighted by molar-refractivity contribution is 0.401. The summed E-state index contributed by atoms with van der Waals surface area (Å²) in [5, 5.41) is 6.16. The normalized spacial score (nSPS) is 12.8. The maximum absolute atomic E-state index is 5.53. The first-order valence-electron chi connectivity index (χ1n) is 7.39. The molecule has 1 atom stereocenters. The van der Waals surface area contributed by atoms with Crippen molar-refractivity contribution >= 4 is 10.8 Å².